The van der Waals surface area contributed by atoms with Crippen LogP contribution in [0.25, 0.3) is 0 Å². The Labute approximate surface area is 150 Å². The highest BCUT2D eigenvalue weighted by atomic mass is 32.2. The third kappa shape index (κ3) is 4.92. The van der Waals surface area contributed by atoms with Crippen molar-refractivity contribution in [3.8, 4) is 0 Å². The maximum atomic E-state index is 12.4. The van der Waals surface area contributed by atoms with Gasteiger partial charge in [0, 0.05) is 26.4 Å². The molecule has 1 aromatic carbocycles. The van der Waals surface area contributed by atoms with E-state index < -0.39 is 28.2 Å². The van der Waals surface area contributed by atoms with E-state index in [1.165, 1.54) is 24.1 Å². The van der Waals surface area contributed by atoms with Crippen molar-refractivity contribution >= 4 is 33.8 Å². The van der Waals surface area contributed by atoms with Crippen LogP contribution >= 0.6 is 0 Å². The summed E-state index contributed by atoms with van der Waals surface area (Å²) >= 11 is 0. The number of hydrogen-bond donors (Lipinski definition) is 4. The van der Waals surface area contributed by atoms with Gasteiger partial charge in [0.1, 0.15) is 6.04 Å². The quantitative estimate of drug-likeness (QED) is 0.493. The Morgan fingerprint density at radius 1 is 1.23 bits per heavy atom. The lowest BCUT2D eigenvalue weighted by atomic mass is 9.92. The van der Waals surface area contributed by atoms with Crippen molar-refractivity contribution in [2.75, 3.05) is 11.8 Å². The fraction of sp³-hybridized carbons (Fsp3) is 0.400. The summed E-state index contributed by atoms with van der Waals surface area (Å²) in [5, 5.41) is 11.2. The standard InChI is InChI=1S/C15H19N3O7S/c1-16-15(22)12-7-9-2-3-11(17-26(23,24)25)6-10(9)8-18(12)13(19)4-5-14(20)21/h2-3,6,12,17H,4-5,7-8H2,1H3,(H,16,22)(H,20,21)(H,23,24,25). The van der Waals surface area contributed by atoms with Gasteiger partial charge >= 0.3 is 16.3 Å². The normalized spacial score (nSPS) is 16.5. The van der Waals surface area contributed by atoms with Crippen molar-refractivity contribution in [1.82, 2.24) is 10.2 Å². The molecule has 1 heterocycles. The minimum atomic E-state index is -4.44. The Kier molecular flexibility index (Phi) is 5.83. The first-order valence-corrected chi connectivity index (χ1v) is 9.14. The first-order chi connectivity index (χ1) is 12.1. The van der Waals surface area contributed by atoms with Crippen LogP contribution in [0.4, 0.5) is 5.69 Å². The monoisotopic (exact) mass is 385 g/mol. The van der Waals surface area contributed by atoms with Crippen LogP contribution in [0.5, 0.6) is 0 Å². The minimum Gasteiger partial charge on any atom is -0.481 e. The molecule has 0 aromatic heterocycles. The van der Waals surface area contributed by atoms with Gasteiger partial charge < -0.3 is 15.3 Å². The maximum absolute atomic E-state index is 12.4. The molecule has 0 radical (unpaired) electrons. The lowest BCUT2D eigenvalue weighted by Crippen LogP contribution is -2.52. The predicted octanol–water partition coefficient (Wildman–Crippen LogP) is -0.235. The highest BCUT2D eigenvalue weighted by molar-refractivity contribution is 7.87. The molecule has 1 unspecified atom stereocenters. The van der Waals surface area contributed by atoms with Gasteiger partial charge in [-0.1, -0.05) is 6.07 Å². The van der Waals surface area contributed by atoms with Crippen molar-refractivity contribution in [2.24, 2.45) is 0 Å². The second-order valence-electron chi connectivity index (χ2n) is 5.81. The molecule has 4 N–H and O–H groups in total. The molecule has 1 atom stereocenters. The number of rotatable bonds is 6. The summed E-state index contributed by atoms with van der Waals surface area (Å²) in [6.07, 6.45) is -0.395. The van der Waals surface area contributed by atoms with E-state index in [4.69, 9.17) is 9.66 Å². The minimum absolute atomic E-state index is 0.0207. The van der Waals surface area contributed by atoms with Gasteiger partial charge in [0.25, 0.3) is 0 Å². The summed E-state index contributed by atoms with van der Waals surface area (Å²) in [4.78, 5) is 36.5. The molecule has 0 bridgehead atoms. The molecule has 11 heteroatoms. The van der Waals surface area contributed by atoms with Gasteiger partial charge in [-0.3, -0.25) is 23.7 Å². The maximum Gasteiger partial charge on any atom is 0.357 e. The van der Waals surface area contributed by atoms with Gasteiger partial charge in [-0.05, 0) is 23.3 Å². The Morgan fingerprint density at radius 3 is 2.50 bits per heavy atom. The van der Waals surface area contributed by atoms with Crippen LogP contribution in [-0.2, 0) is 37.7 Å². The Morgan fingerprint density at radius 2 is 1.92 bits per heavy atom. The first kappa shape index (κ1) is 19.7. The molecule has 1 aromatic rings. The number of carboxylic acid groups (broad SMARTS) is 1. The molecule has 0 spiro atoms. The average Bonchev–Trinajstić information content (AvgIpc) is 2.56. The molecular weight excluding hydrogens is 366 g/mol. The summed E-state index contributed by atoms with van der Waals surface area (Å²) in [5.74, 6) is -1.98. The third-order valence-electron chi connectivity index (χ3n) is 4.01. The van der Waals surface area contributed by atoms with Crippen LogP contribution in [0, 0.1) is 0 Å². The van der Waals surface area contributed by atoms with Crippen LogP contribution in [0.2, 0.25) is 0 Å². The Hall–Kier alpha value is -2.66. The number of carboxylic acids is 1. The fourth-order valence-electron chi connectivity index (χ4n) is 2.82. The zero-order valence-corrected chi connectivity index (χ0v) is 14.7. The number of carbonyl (C=O) groups is 3. The van der Waals surface area contributed by atoms with Gasteiger partial charge in [0.2, 0.25) is 11.8 Å². The summed E-state index contributed by atoms with van der Waals surface area (Å²) < 4.78 is 32.7. The summed E-state index contributed by atoms with van der Waals surface area (Å²) in [7, 11) is -3.00. The largest absolute Gasteiger partial charge is 0.481 e. The molecule has 2 amide bonds. The van der Waals surface area contributed by atoms with E-state index in [2.05, 4.69) is 5.32 Å². The third-order valence-corrected chi connectivity index (χ3v) is 4.50. The van der Waals surface area contributed by atoms with E-state index in [1.54, 1.807) is 6.07 Å². The number of benzene rings is 1. The molecule has 1 aliphatic heterocycles. The number of nitrogens with one attached hydrogen (secondary N) is 2. The second-order valence-corrected chi connectivity index (χ2v) is 6.96. The van der Waals surface area contributed by atoms with Gasteiger partial charge in [0.05, 0.1) is 12.1 Å². The molecule has 0 saturated carbocycles. The van der Waals surface area contributed by atoms with Crippen LogP contribution in [-0.4, -0.2) is 53.9 Å². The van der Waals surface area contributed by atoms with Crippen molar-refractivity contribution in [3.63, 3.8) is 0 Å². The number of nitrogens with zero attached hydrogens (tertiary/aromatic N) is 1. The van der Waals surface area contributed by atoms with Gasteiger partial charge in [-0.2, -0.15) is 8.42 Å². The number of amides is 2. The fourth-order valence-corrected chi connectivity index (χ4v) is 3.24. The topological polar surface area (TPSA) is 153 Å². The number of likely N-dealkylation sites (N-methyl/N-ethyl adjacent to an activating group) is 1. The number of aliphatic carboxylic acids is 1. The second kappa shape index (κ2) is 7.70. The average molecular weight is 385 g/mol. The SMILES string of the molecule is CNC(=O)C1Cc2ccc(NS(=O)(=O)O)cc2CN1C(=O)CCC(=O)O. The van der Waals surface area contributed by atoms with Crippen molar-refractivity contribution in [2.45, 2.75) is 31.8 Å². The van der Waals surface area contributed by atoms with E-state index in [9.17, 15) is 22.8 Å². The molecule has 26 heavy (non-hydrogen) atoms. The molecule has 0 aliphatic carbocycles. The molecule has 2 rings (SSSR count). The van der Waals surface area contributed by atoms with E-state index in [0.717, 1.165) is 5.56 Å². The predicted molar refractivity (Wildman–Crippen MR) is 90.6 cm³/mol. The summed E-state index contributed by atoms with van der Waals surface area (Å²) in [6.45, 7) is 0.0207. The Bertz CT molecular complexity index is 838. The highest BCUT2D eigenvalue weighted by Crippen LogP contribution is 2.27. The van der Waals surface area contributed by atoms with Crippen LogP contribution in [0.1, 0.15) is 24.0 Å². The zero-order chi connectivity index (χ0) is 19.5. The lowest BCUT2D eigenvalue weighted by molar-refractivity contribution is -0.144. The van der Waals surface area contributed by atoms with Crippen LogP contribution < -0.4 is 10.0 Å². The lowest BCUT2D eigenvalue weighted by Gasteiger charge is -2.36. The van der Waals surface area contributed by atoms with Crippen molar-refractivity contribution in [1.29, 1.82) is 0 Å². The van der Waals surface area contributed by atoms with E-state index in [1.807, 2.05) is 4.72 Å². The Balaban J connectivity index is 2.31. The first-order valence-electron chi connectivity index (χ1n) is 7.70. The van der Waals surface area contributed by atoms with Crippen molar-refractivity contribution in [3.05, 3.63) is 29.3 Å². The number of carbonyl (C=O) groups excluding carboxylic acids is 2. The smallest absolute Gasteiger partial charge is 0.357 e. The number of anilines is 1. The van der Waals surface area contributed by atoms with E-state index in [0.29, 0.717) is 5.56 Å². The molecule has 142 valence electrons. The van der Waals surface area contributed by atoms with Gasteiger partial charge in [-0.15, -0.1) is 0 Å². The molecule has 0 fully saturated rings. The van der Waals surface area contributed by atoms with Crippen LogP contribution in [0.15, 0.2) is 18.2 Å². The van der Waals surface area contributed by atoms with E-state index >= 15 is 0 Å². The molecule has 0 saturated heterocycles. The molecule has 10 nitrogen and oxygen atoms in total. The zero-order valence-electron chi connectivity index (χ0n) is 13.9. The van der Waals surface area contributed by atoms with Crippen molar-refractivity contribution < 1.29 is 32.5 Å². The number of hydrogen-bond acceptors (Lipinski definition) is 5. The summed E-state index contributed by atoms with van der Waals surface area (Å²) in [6, 6.07) is 3.72. The molecular formula is C15H19N3O7S. The van der Waals surface area contributed by atoms with Gasteiger partial charge in [-0.25, -0.2) is 0 Å². The molecule has 1 aliphatic rings. The van der Waals surface area contributed by atoms with Crippen LogP contribution in [0.3, 0.4) is 0 Å². The summed E-state index contributed by atoms with van der Waals surface area (Å²) in [5.41, 5.74) is 1.46. The highest BCUT2D eigenvalue weighted by Gasteiger charge is 2.34. The van der Waals surface area contributed by atoms with Gasteiger partial charge in [0.15, 0.2) is 0 Å². The number of fused-ring (bicyclic) bond motifs is 1. The van der Waals surface area contributed by atoms with E-state index in [-0.39, 0.29) is 37.4 Å².